The predicted octanol–water partition coefficient (Wildman–Crippen LogP) is 13.8. The van der Waals surface area contributed by atoms with E-state index in [1.165, 1.54) is 130 Å². The van der Waals surface area contributed by atoms with E-state index in [-0.39, 0.29) is 68.1 Å². The predicted molar refractivity (Wildman–Crippen MR) is 272 cm³/mol. The minimum absolute atomic E-state index is 0.00292. The van der Waals surface area contributed by atoms with E-state index in [0.29, 0.717) is 27.8 Å². The summed E-state index contributed by atoms with van der Waals surface area (Å²) in [5.74, 6) is -11.9. The summed E-state index contributed by atoms with van der Waals surface area (Å²) in [4.78, 5) is 54.2. The second kappa shape index (κ2) is 25.1. The van der Waals surface area contributed by atoms with E-state index in [9.17, 15) is 63.1 Å². The number of allylic oxidation sites excluding steroid dienone is 2. The van der Waals surface area contributed by atoms with Crippen molar-refractivity contribution in [3.63, 3.8) is 0 Å². The van der Waals surface area contributed by atoms with Crippen molar-refractivity contribution in [2.45, 2.75) is 56.8 Å². The van der Waals surface area contributed by atoms with Crippen molar-refractivity contribution in [2.75, 3.05) is 38.9 Å². The molecule has 0 heterocycles. The molecule has 6 aromatic carbocycles. The molecule has 0 aromatic heterocycles. The van der Waals surface area contributed by atoms with Crippen LogP contribution in [0.3, 0.4) is 0 Å². The number of alkyl halides is 10. The van der Waals surface area contributed by atoms with Gasteiger partial charge in [0.25, 0.3) is 0 Å². The van der Waals surface area contributed by atoms with Crippen LogP contribution in [-0.2, 0) is 0 Å². The molecule has 416 valence electrons. The Morgan fingerprint density at radius 2 is 0.937 bits per heavy atom. The van der Waals surface area contributed by atoms with Crippen molar-refractivity contribution in [3.05, 3.63) is 166 Å². The van der Waals surface area contributed by atoms with Crippen LogP contribution in [0.5, 0.6) is 34.5 Å². The van der Waals surface area contributed by atoms with Gasteiger partial charge in [0.1, 0.15) is 11.5 Å². The van der Waals surface area contributed by atoms with Crippen LogP contribution in [0.25, 0.3) is 23.3 Å². The van der Waals surface area contributed by atoms with Gasteiger partial charge in [-0.2, -0.15) is 43.9 Å². The molecule has 22 heteroatoms. The monoisotopic (exact) mass is 1110 g/mol. The van der Waals surface area contributed by atoms with Gasteiger partial charge in [-0.25, -0.2) is 9.59 Å². The quantitative estimate of drug-likeness (QED) is 0.0118. The highest BCUT2D eigenvalue weighted by Crippen LogP contribution is 2.41. The molecule has 0 saturated carbocycles. The molecule has 4 N–H and O–H groups in total. The molecular weight excluding hydrogens is 1060 g/mol. The average Bonchev–Trinajstić information content (AvgIpc) is 3.41. The third kappa shape index (κ3) is 15.2. The summed E-state index contributed by atoms with van der Waals surface area (Å²) in [5, 5.41) is 0. The number of esters is 2. The number of benzene rings is 6. The van der Waals surface area contributed by atoms with Gasteiger partial charge in [0.2, 0.25) is 0 Å². The summed E-state index contributed by atoms with van der Waals surface area (Å²) < 4.78 is 160. The largest absolute Gasteiger partial charge is 0.494 e. The fourth-order valence-electron chi connectivity index (χ4n) is 7.48. The number of anilines is 2. The van der Waals surface area contributed by atoms with Crippen LogP contribution in [-0.4, -0.2) is 75.1 Å². The van der Waals surface area contributed by atoms with Crippen LogP contribution >= 0.6 is 0 Å². The van der Waals surface area contributed by atoms with Gasteiger partial charge in [0, 0.05) is 35.3 Å². The van der Waals surface area contributed by atoms with Gasteiger partial charge in [-0.1, -0.05) is 36.4 Å². The van der Waals surface area contributed by atoms with Crippen molar-refractivity contribution < 1.29 is 91.5 Å². The second-order valence-corrected chi connectivity index (χ2v) is 17.4. The number of rotatable bonds is 23. The summed E-state index contributed by atoms with van der Waals surface area (Å²) in [7, 11) is 2.64. The zero-order valence-corrected chi connectivity index (χ0v) is 42.0. The Balaban J connectivity index is 1.11. The minimum Gasteiger partial charge on any atom is -0.494 e. The lowest BCUT2D eigenvalue weighted by Gasteiger charge is -2.19. The molecule has 0 saturated heterocycles. The minimum atomic E-state index is -5.67. The number of carbonyl (C=O) groups is 4. The zero-order valence-electron chi connectivity index (χ0n) is 42.0. The maximum absolute atomic E-state index is 14.1. The first kappa shape index (κ1) is 59.4. The van der Waals surface area contributed by atoms with E-state index in [4.69, 9.17) is 39.9 Å². The van der Waals surface area contributed by atoms with E-state index in [1.807, 2.05) is 0 Å². The molecule has 0 spiro atoms. The number of hydrogen-bond donors (Lipinski definition) is 2. The molecule has 6 rings (SSSR count). The Labute approximate surface area is 445 Å². The highest BCUT2D eigenvalue weighted by Gasteiger charge is 2.57. The van der Waals surface area contributed by atoms with Crippen molar-refractivity contribution in [1.29, 1.82) is 0 Å². The molecule has 0 atom stereocenters. The van der Waals surface area contributed by atoms with E-state index in [0.717, 1.165) is 0 Å². The van der Waals surface area contributed by atoms with E-state index in [1.54, 1.807) is 31.2 Å². The molecule has 0 amide bonds. The highest BCUT2D eigenvalue weighted by molar-refractivity contribution is 6.16. The molecule has 6 aromatic rings. The molecular formula is C57H48F10N2O10. The molecule has 79 heavy (non-hydrogen) atoms. The molecule has 0 fully saturated rings. The maximum Gasteiger partial charge on any atom is 0.453 e. The Kier molecular flexibility index (Phi) is 18.9. The Hall–Kier alpha value is -8.82. The summed E-state index contributed by atoms with van der Waals surface area (Å²) in [6, 6.07) is 27.2. The number of ketones is 2. The third-order valence-corrected chi connectivity index (χ3v) is 11.8. The van der Waals surface area contributed by atoms with Gasteiger partial charge in [-0.15, -0.1) is 0 Å². The second-order valence-electron chi connectivity index (χ2n) is 17.4. The van der Waals surface area contributed by atoms with Gasteiger partial charge in [0.15, 0.2) is 34.6 Å². The zero-order chi connectivity index (χ0) is 57.9. The van der Waals surface area contributed by atoms with Gasteiger partial charge < -0.3 is 39.9 Å². The number of ether oxygens (including phenoxy) is 6. The smallest absolute Gasteiger partial charge is 0.453 e. The first-order valence-corrected chi connectivity index (χ1v) is 23.6. The molecule has 0 bridgehead atoms. The van der Waals surface area contributed by atoms with Gasteiger partial charge in [-0.3, -0.25) is 9.59 Å². The first-order chi connectivity index (χ1) is 37.2. The lowest BCUT2D eigenvalue weighted by atomic mass is 9.88. The molecule has 0 aliphatic rings. The van der Waals surface area contributed by atoms with Crippen molar-refractivity contribution in [2.24, 2.45) is 0 Å². The lowest BCUT2D eigenvalue weighted by Crippen LogP contribution is -2.36. The van der Waals surface area contributed by atoms with Crippen LogP contribution < -0.4 is 39.9 Å². The summed E-state index contributed by atoms with van der Waals surface area (Å²) in [5.41, 5.74) is 15.4. The SMILES string of the molecule is COc1cc(C=CC(=O)c2cc(N)ccc2-c2ccc(N)c(C)c2C(=O)C=Cc2ccc(OC(=O)c3ccc(OCCCC(F)(F)C(F)(F)F)cc3)c(OC)c2)ccc1OC(=O)c1ccc(OCCCC(F)(F)C(F)(F)F)cc1. The van der Waals surface area contributed by atoms with Crippen LogP contribution in [0, 0.1) is 6.92 Å². The highest BCUT2D eigenvalue weighted by atomic mass is 19.4. The molecule has 12 nitrogen and oxygen atoms in total. The molecule has 0 aliphatic carbocycles. The van der Waals surface area contributed by atoms with E-state index >= 15 is 0 Å². The van der Waals surface area contributed by atoms with Crippen LogP contribution in [0.4, 0.5) is 55.3 Å². The first-order valence-electron chi connectivity index (χ1n) is 23.6. The molecule has 0 aliphatic heterocycles. The summed E-state index contributed by atoms with van der Waals surface area (Å²) in [6.07, 6.45) is -9.90. The van der Waals surface area contributed by atoms with E-state index < -0.39 is 86.6 Å². The standard InChI is InChI=1S/C57H48F10N2O10/c1-33-44(69)21-20-42(51(33)46(71)23-7-35-9-25-48(50(31-35)75-3)79-53(73)37-12-17-40(18-13-37)77-29-5-27-55(60,61)57(65,66)67)41-19-14-38(68)32-43(41)45(70)22-6-34-8-24-47(49(30-34)74-2)78-52(72)36-10-15-39(16-11-36)76-28-4-26-54(58,59)56(62,63)64/h6-25,30-32H,4-5,26-29,68-69H2,1-3H3. The number of hydrogen-bond acceptors (Lipinski definition) is 12. The maximum atomic E-state index is 14.1. The topological polar surface area (TPSA) is 176 Å². The number of methoxy groups -OCH3 is 2. The Bertz CT molecular complexity index is 3250. The average molecular weight is 1110 g/mol. The van der Waals surface area contributed by atoms with Gasteiger partial charge in [0.05, 0.1) is 38.6 Å². The third-order valence-electron chi connectivity index (χ3n) is 11.8. The summed E-state index contributed by atoms with van der Waals surface area (Å²) >= 11 is 0. The number of carbonyl (C=O) groups excluding carboxylic acids is 4. The van der Waals surface area contributed by atoms with E-state index in [2.05, 4.69) is 0 Å². The van der Waals surface area contributed by atoms with Gasteiger partial charge >= 0.3 is 36.1 Å². The summed E-state index contributed by atoms with van der Waals surface area (Å²) in [6.45, 7) is 0.784. The van der Waals surface area contributed by atoms with Crippen LogP contribution in [0.1, 0.15) is 83.8 Å². The van der Waals surface area contributed by atoms with Crippen LogP contribution in [0.2, 0.25) is 0 Å². The lowest BCUT2D eigenvalue weighted by molar-refractivity contribution is -0.284. The fourth-order valence-corrected chi connectivity index (χ4v) is 7.48. The normalized spacial score (nSPS) is 12.1. The number of halogens is 10. The van der Waals surface area contributed by atoms with Crippen molar-refractivity contribution in [3.8, 4) is 45.6 Å². The molecule has 0 radical (unpaired) electrons. The fraction of sp³-hybridized carbons (Fsp3) is 0.228. The Morgan fingerprint density at radius 3 is 1.37 bits per heavy atom. The number of nitrogen functional groups attached to an aromatic ring is 2. The van der Waals surface area contributed by atoms with Gasteiger partial charge in [-0.05, 0) is 151 Å². The molecule has 0 unspecified atom stereocenters. The van der Waals surface area contributed by atoms with Crippen LogP contribution in [0.15, 0.2) is 127 Å². The number of nitrogens with two attached hydrogens (primary N) is 2. The van der Waals surface area contributed by atoms with Crippen molar-refractivity contribution in [1.82, 2.24) is 0 Å². The van der Waals surface area contributed by atoms with Crippen molar-refractivity contribution >= 4 is 47.0 Å². The Morgan fingerprint density at radius 1 is 0.506 bits per heavy atom.